The third-order valence-corrected chi connectivity index (χ3v) is 5.37. The third-order valence-electron chi connectivity index (χ3n) is 5.37. The highest BCUT2D eigenvalue weighted by Crippen LogP contribution is 2.26. The molecule has 0 radical (unpaired) electrons. The number of para-hydroxylation sites is 1. The van der Waals surface area contributed by atoms with Gasteiger partial charge < -0.3 is 24.8 Å². The van der Waals surface area contributed by atoms with E-state index in [9.17, 15) is 9.59 Å². The first-order valence-corrected chi connectivity index (χ1v) is 10.4. The summed E-state index contributed by atoms with van der Waals surface area (Å²) in [5.41, 5.74) is 1.51. The molecule has 0 saturated carbocycles. The Hall–Kier alpha value is -3.22. The zero-order chi connectivity index (χ0) is 22.4. The van der Waals surface area contributed by atoms with Crippen LogP contribution < -0.4 is 24.8 Å². The van der Waals surface area contributed by atoms with Crippen LogP contribution in [0.1, 0.15) is 29.8 Å². The van der Waals surface area contributed by atoms with Gasteiger partial charge in [0.1, 0.15) is 23.3 Å². The van der Waals surface area contributed by atoms with Gasteiger partial charge in [0.15, 0.2) is 0 Å². The first-order valence-electron chi connectivity index (χ1n) is 10.4. The van der Waals surface area contributed by atoms with Crippen molar-refractivity contribution >= 4 is 11.8 Å². The van der Waals surface area contributed by atoms with Crippen molar-refractivity contribution in [3.05, 3.63) is 53.6 Å². The number of rotatable bonds is 8. The fraction of sp³-hybridized carbons (Fsp3) is 0.417. The van der Waals surface area contributed by atoms with Crippen LogP contribution in [0, 0.1) is 11.8 Å². The second-order valence-corrected chi connectivity index (χ2v) is 8.03. The van der Waals surface area contributed by atoms with Gasteiger partial charge >= 0.3 is 0 Å². The Balaban J connectivity index is 1.61. The van der Waals surface area contributed by atoms with Crippen molar-refractivity contribution in [2.45, 2.75) is 26.3 Å². The summed E-state index contributed by atoms with van der Waals surface area (Å²) in [5.74, 6) is 1.45. The Morgan fingerprint density at radius 3 is 2.42 bits per heavy atom. The van der Waals surface area contributed by atoms with Crippen molar-refractivity contribution in [3.8, 4) is 17.2 Å². The standard InChI is InChI=1S/C24H30N2O5/c1-15(2)22(26-23(27)18-10-19(29-3)12-20(11-18)30-4)24(28)25-13-16-9-17-7-5-6-8-21(17)31-14-16/h5-8,10-12,15-16,22H,9,13-14H2,1-4H3,(H,25,28)(H,26,27). The lowest BCUT2D eigenvalue weighted by Crippen LogP contribution is -2.51. The van der Waals surface area contributed by atoms with Crippen LogP contribution in [0.15, 0.2) is 42.5 Å². The van der Waals surface area contributed by atoms with Gasteiger partial charge in [0.25, 0.3) is 5.91 Å². The molecule has 31 heavy (non-hydrogen) atoms. The van der Waals surface area contributed by atoms with E-state index in [0.717, 1.165) is 17.7 Å². The number of hydrogen-bond acceptors (Lipinski definition) is 5. The van der Waals surface area contributed by atoms with Gasteiger partial charge in [-0.05, 0) is 36.1 Å². The average Bonchev–Trinajstić information content (AvgIpc) is 2.79. The van der Waals surface area contributed by atoms with Crippen LogP contribution in [0.3, 0.4) is 0 Å². The van der Waals surface area contributed by atoms with Crippen molar-refractivity contribution < 1.29 is 23.8 Å². The lowest BCUT2D eigenvalue weighted by Gasteiger charge is -2.27. The Bertz CT molecular complexity index is 906. The zero-order valence-electron chi connectivity index (χ0n) is 18.4. The summed E-state index contributed by atoms with van der Waals surface area (Å²) in [6, 6.07) is 12.2. The molecule has 2 aromatic rings. The number of carbonyl (C=O) groups is 2. The molecule has 0 bridgehead atoms. The second-order valence-electron chi connectivity index (χ2n) is 8.03. The molecule has 2 aromatic carbocycles. The number of benzene rings is 2. The van der Waals surface area contributed by atoms with Crippen LogP contribution in [0.25, 0.3) is 0 Å². The Morgan fingerprint density at radius 2 is 1.77 bits per heavy atom. The molecule has 3 rings (SSSR count). The van der Waals surface area contributed by atoms with Crippen molar-refractivity contribution in [1.29, 1.82) is 0 Å². The van der Waals surface area contributed by atoms with Gasteiger partial charge in [-0.1, -0.05) is 32.0 Å². The van der Waals surface area contributed by atoms with E-state index in [1.165, 1.54) is 14.2 Å². The van der Waals surface area contributed by atoms with E-state index in [1.54, 1.807) is 18.2 Å². The lowest BCUT2D eigenvalue weighted by atomic mass is 9.96. The molecule has 0 aromatic heterocycles. The number of methoxy groups -OCH3 is 2. The fourth-order valence-electron chi connectivity index (χ4n) is 3.57. The maximum Gasteiger partial charge on any atom is 0.252 e. The highest BCUT2D eigenvalue weighted by Gasteiger charge is 2.27. The maximum atomic E-state index is 12.9. The highest BCUT2D eigenvalue weighted by atomic mass is 16.5. The summed E-state index contributed by atoms with van der Waals surface area (Å²) in [7, 11) is 3.04. The summed E-state index contributed by atoms with van der Waals surface area (Å²) in [6.07, 6.45) is 0.846. The van der Waals surface area contributed by atoms with Gasteiger partial charge in [0.05, 0.1) is 20.8 Å². The molecule has 7 heteroatoms. The predicted molar refractivity (Wildman–Crippen MR) is 118 cm³/mol. The number of fused-ring (bicyclic) bond motifs is 1. The largest absolute Gasteiger partial charge is 0.497 e. The summed E-state index contributed by atoms with van der Waals surface area (Å²) in [4.78, 5) is 25.7. The fourth-order valence-corrected chi connectivity index (χ4v) is 3.57. The summed E-state index contributed by atoms with van der Waals surface area (Å²) < 4.78 is 16.3. The van der Waals surface area contributed by atoms with Gasteiger partial charge in [0.2, 0.25) is 5.91 Å². The molecule has 2 atom stereocenters. The van der Waals surface area contributed by atoms with Crippen molar-refractivity contribution in [1.82, 2.24) is 10.6 Å². The SMILES string of the molecule is COc1cc(OC)cc(C(=O)NC(C(=O)NCC2COc3ccccc3C2)C(C)C)c1. The van der Waals surface area contributed by atoms with Crippen molar-refractivity contribution in [3.63, 3.8) is 0 Å². The monoisotopic (exact) mass is 426 g/mol. The molecule has 0 fully saturated rings. The van der Waals surface area contributed by atoms with Crippen molar-refractivity contribution in [2.75, 3.05) is 27.4 Å². The van der Waals surface area contributed by atoms with E-state index in [0.29, 0.717) is 30.2 Å². The van der Waals surface area contributed by atoms with E-state index in [1.807, 2.05) is 38.1 Å². The first-order chi connectivity index (χ1) is 14.9. The average molecular weight is 427 g/mol. The van der Waals surface area contributed by atoms with Gasteiger partial charge in [0, 0.05) is 24.1 Å². The Kier molecular flexibility index (Phi) is 7.39. The van der Waals surface area contributed by atoms with E-state index < -0.39 is 6.04 Å². The van der Waals surface area contributed by atoms with Gasteiger partial charge in [-0.15, -0.1) is 0 Å². The number of hydrogen-bond donors (Lipinski definition) is 2. The topological polar surface area (TPSA) is 85.9 Å². The van der Waals surface area contributed by atoms with E-state index in [-0.39, 0.29) is 23.7 Å². The molecule has 2 unspecified atom stereocenters. The second kappa shape index (κ2) is 10.2. The molecule has 0 spiro atoms. The highest BCUT2D eigenvalue weighted by molar-refractivity contribution is 5.98. The number of nitrogens with one attached hydrogen (secondary N) is 2. The molecule has 0 aliphatic carbocycles. The Morgan fingerprint density at radius 1 is 1.10 bits per heavy atom. The minimum absolute atomic E-state index is 0.0835. The molecule has 166 valence electrons. The quantitative estimate of drug-likeness (QED) is 0.678. The van der Waals surface area contributed by atoms with Gasteiger partial charge in [-0.25, -0.2) is 0 Å². The summed E-state index contributed by atoms with van der Waals surface area (Å²) in [6.45, 7) is 4.84. The minimum atomic E-state index is -0.665. The zero-order valence-corrected chi connectivity index (χ0v) is 18.4. The van der Waals surface area contributed by atoms with Crippen LogP contribution in [0.2, 0.25) is 0 Å². The lowest BCUT2D eigenvalue weighted by molar-refractivity contribution is -0.124. The van der Waals surface area contributed by atoms with Crippen molar-refractivity contribution in [2.24, 2.45) is 11.8 Å². The molecule has 1 aliphatic rings. The normalized spacial score (nSPS) is 16.0. The van der Waals surface area contributed by atoms with Crippen LogP contribution in [-0.2, 0) is 11.2 Å². The first kappa shape index (κ1) is 22.5. The van der Waals surface area contributed by atoms with E-state index in [2.05, 4.69) is 10.6 Å². The number of amides is 2. The smallest absolute Gasteiger partial charge is 0.252 e. The van der Waals surface area contributed by atoms with Crippen LogP contribution >= 0.6 is 0 Å². The molecule has 7 nitrogen and oxygen atoms in total. The summed E-state index contributed by atoms with van der Waals surface area (Å²) >= 11 is 0. The van der Waals surface area contributed by atoms with E-state index in [4.69, 9.17) is 14.2 Å². The van der Waals surface area contributed by atoms with Gasteiger partial charge in [-0.3, -0.25) is 9.59 Å². The molecule has 2 amide bonds. The third kappa shape index (κ3) is 5.69. The molecular formula is C24H30N2O5. The van der Waals surface area contributed by atoms with Crippen LogP contribution in [0.4, 0.5) is 0 Å². The van der Waals surface area contributed by atoms with Crippen LogP contribution in [-0.4, -0.2) is 45.2 Å². The maximum absolute atomic E-state index is 12.9. The van der Waals surface area contributed by atoms with E-state index >= 15 is 0 Å². The van der Waals surface area contributed by atoms with Gasteiger partial charge in [-0.2, -0.15) is 0 Å². The summed E-state index contributed by atoms with van der Waals surface area (Å²) in [5, 5.41) is 5.83. The van der Waals surface area contributed by atoms with Crippen LogP contribution in [0.5, 0.6) is 17.2 Å². The molecular weight excluding hydrogens is 396 g/mol. The number of carbonyl (C=O) groups excluding carboxylic acids is 2. The molecule has 1 aliphatic heterocycles. The number of ether oxygens (including phenoxy) is 3. The molecule has 2 N–H and O–H groups in total. The Labute approximate surface area is 183 Å². The predicted octanol–water partition coefficient (Wildman–Crippen LogP) is 2.83. The minimum Gasteiger partial charge on any atom is -0.497 e. The molecule has 0 saturated heterocycles. The molecule has 1 heterocycles.